The number of hydrogen-bond donors (Lipinski definition) is 7. The number of carbonyl (C=O) groups is 5. The van der Waals surface area contributed by atoms with Crippen LogP contribution in [0, 0.1) is 5.92 Å². The number of phenolic OH excluding ortho intramolecular Hbond substituents is 1. The Kier molecular flexibility index (Phi) is 11.7. The molecule has 0 aliphatic rings. The van der Waals surface area contributed by atoms with Gasteiger partial charge in [0.15, 0.2) is 0 Å². The summed E-state index contributed by atoms with van der Waals surface area (Å²) < 4.78 is 0. The number of benzene rings is 1. The van der Waals surface area contributed by atoms with Crippen LogP contribution in [0.3, 0.4) is 0 Å². The lowest BCUT2D eigenvalue weighted by Crippen LogP contribution is -2.57. The molecule has 4 unspecified atom stereocenters. The molecule has 0 aliphatic carbocycles. The summed E-state index contributed by atoms with van der Waals surface area (Å²) in [5, 5.41) is 34.8. The van der Waals surface area contributed by atoms with Crippen molar-refractivity contribution in [2.75, 3.05) is 0 Å². The maximum absolute atomic E-state index is 13.1. The molecule has 194 valence electrons. The zero-order valence-electron chi connectivity index (χ0n) is 20.0. The normalized spacial score (nSPS) is 14.3. The highest BCUT2D eigenvalue weighted by molar-refractivity contribution is 5.94. The highest BCUT2D eigenvalue weighted by Gasteiger charge is 2.30. The maximum atomic E-state index is 13.1. The van der Waals surface area contributed by atoms with E-state index in [0.717, 1.165) is 0 Å². The smallest absolute Gasteiger partial charge is 0.325 e. The summed E-state index contributed by atoms with van der Waals surface area (Å²) in [5.74, 6) is -4.51. The Bertz CT molecular complexity index is 903. The third kappa shape index (κ3) is 10.9. The summed E-state index contributed by atoms with van der Waals surface area (Å²) >= 11 is 0. The van der Waals surface area contributed by atoms with Gasteiger partial charge in [-0.2, -0.15) is 0 Å². The molecule has 1 rings (SSSR count). The Balaban J connectivity index is 3.05. The van der Waals surface area contributed by atoms with Crippen LogP contribution in [0.15, 0.2) is 24.3 Å². The minimum atomic E-state index is -1.26. The van der Waals surface area contributed by atoms with Crippen LogP contribution in [-0.4, -0.2) is 69.1 Å². The zero-order chi connectivity index (χ0) is 26.7. The van der Waals surface area contributed by atoms with Gasteiger partial charge in [0.2, 0.25) is 17.7 Å². The van der Waals surface area contributed by atoms with E-state index in [2.05, 4.69) is 16.0 Å². The van der Waals surface area contributed by atoms with Crippen molar-refractivity contribution in [3.63, 3.8) is 0 Å². The number of nitrogens with one attached hydrogen (secondary N) is 3. The van der Waals surface area contributed by atoms with Gasteiger partial charge >= 0.3 is 11.9 Å². The van der Waals surface area contributed by atoms with E-state index in [9.17, 15) is 29.1 Å². The highest BCUT2D eigenvalue weighted by atomic mass is 16.4. The Morgan fingerprint density at radius 3 is 1.91 bits per heavy atom. The first kappa shape index (κ1) is 29.4. The molecule has 0 bridgehead atoms. The standard InChI is InChI=1S/C23H34N4O8/c1-12(2)10-17(26-20(31)16(24)8-9-19(29)30)22(33)27-18(21(32)25-13(3)23(34)35)11-14-4-6-15(28)7-5-14/h4-7,12-13,16-18,28H,8-11,24H2,1-3H3,(H,25,32)(H,26,31)(H,27,33)(H,29,30)(H,34,35). The Morgan fingerprint density at radius 2 is 1.40 bits per heavy atom. The van der Waals surface area contributed by atoms with Gasteiger partial charge in [-0.3, -0.25) is 24.0 Å². The number of carboxylic acids is 2. The van der Waals surface area contributed by atoms with Crippen LogP contribution in [0.25, 0.3) is 0 Å². The fraction of sp³-hybridized carbons (Fsp3) is 0.522. The second kappa shape index (κ2) is 13.9. The van der Waals surface area contributed by atoms with Crippen LogP contribution >= 0.6 is 0 Å². The third-order valence-corrected chi connectivity index (χ3v) is 5.08. The minimum Gasteiger partial charge on any atom is -0.508 e. The van der Waals surface area contributed by atoms with E-state index in [1.54, 1.807) is 12.1 Å². The Morgan fingerprint density at radius 1 is 0.857 bits per heavy atom. The van der Waals surface area contributed by atoms with Crippen molar-refractivity contribution in [2.45, 2.75) is 70.6 Å². The van der Waals surface area contributed by atoms with E-state index in [1.807, 2.05) is 13.8 Å². The van der Waals surface area contributed by atoms with Gasteiger partial charge in [0, 0.05) is 12.8 Å². The zero-order valence-corrected chi connectivity index (χ0v) is 20.0. The Hall–Kier alpha value is -3.67. The topological polar surface area (TPSA) is 208 Å². The molecule has 0 saturated heterocycles. The van der Waals surface area contributed by atoms with Crippen molar-refractivity contribution >= 4 is 29.7 Å². The molecule has 12 nitrogen and oxygen atoms in total. The van der Waals surface area contributed by atoms with Gasteiger partial charge in [-0.05, 0) is 43.4 Å². The Labute approximate surface area is 203 Å². The second-order valence-electron chi connectivity index (χ2n) is 8.73. The molecule has 1 aromatic rings. The van der Waals surface area contributed by atoms with Gasteiger partial charge < -0.3 is 37.0 Å². The average Bonchev–Trinajstić information content (AvgIpc) is 2.77. The van der Waals surface area contributed by atoms with Crippen molar-refractivity contribution in [1.82, 2.24) is 16.0 Å². The van der Waals surface area contributed by atoms with Crippen LogP contribution in [-0.2, 0) is 30.4 Å². The highest BCUT2D eigenvalue weighted by Crippen LogP contribution is 2.13. The van der Waals surface area contributed by atoms with E-state index >= 15 is 0 Å². The molecule has 4 atom stereocenters. The molecule has 0 heterocycles. The third-order valence-electron chi connectivity index (χ3n) is 5.08. The lowest BCUT2D eigenvalue weighted by atomic mass is 10.00. The summed E-state index contributed by atoms with van der Waals surface area (Å²) in [5.41, 5.74) is 6.33. The fourth-order valence-electron chi connectivity index (χ4n) is 3.12. The van der Waals surface area contributed by atoms with E-state index in [0.29, 0.717) is 5.56 Å². The molecule has 12 heteroatoms. The van der Waals surface area contributed by atoms with E-state index in [4.69, 9.17) is 15.9 Å². The van der Waals surface area contributed by atoms with E-state index in [1.165, 1.54) is 19.1 Å². The first-order valence-electron chi connectivity index (χ1n) is 11.2. The number of rotatable bonds is 14. The number of phenols is 1. The first-order valence-corrected chi connectivity index (χ1v) is 11.2. The molecule has 0 fully saturated rings. The van der Waals surface area contributed by atoms with Gasteiger partial charge in [0.05, 0.1) is 6.04 Å². The molecule has 3 amide bonds. The van der Waals surface area contributed by atoms with Gasteiger partial charge in [0.1, 0.15) is 23.9 Å². The van der Waals surface area contributed by atoms with Crippen molar-refractivity contribution in [2.24, 2.45) is 11.7 Å². The SMILES string of the molecule is CC(C)CC(NC(=O)C(N)CCC(=O)O)C(=O)NC(Cc1ccc(O)cc1)C(=O)NC(C)C(=O)O. The van der Waals surface area contributed by atoms with Crippen LogP contribution in [0.2, 0.25) is 0 Å². The molecule has 0 aromatic heterocycles. The summed E-state index contributed by atoms with van der Waals surface area (Å²) in [6.07, 6.45) is -0.227. The van der Waals surface area contributed by atoms with Crippen molar-refractivity contribution < 1.29 is 39.3 Å². The van der Waals surface area contributed by atoms with Crippen molar-refractivity contribution in [3.05, 3.63) is 29.8 Å². The minimum absolute atomic E-state index is 0.00926. The monoisotopic (exact) mass is 494 g/mol. The van der Waals surface area contributed by atoms with E-state index in [-0.39, 0.29) is 37.4 Å². The van der Waals surface area contributed by atoms with Crippen LogP contribution < -0.4 is 21.7 Å². The molecule has 0 aliphatic heterocycles. The predicted octanol–water partition coefficient (Wildman–Crippen LogP) is -0.268. The molecule has 1 aromatic carbocycles. The molecule has 0 saturated carbocycles. The quantitative estimate of drug-likeness (QED) is 0.181. The van der Waals surface area contributed by atoms with Crippen molar-refractivity contribution in [3.8, 4) is 5.75 Å². The number of carboxylic acid groups (broad SMARTS) is 2. The number of aromatic hydroxyl groups is 1. The molecule has 35 heavy (non-hydrogen) atoms. The summed E-state index contributed by atoms with van der Waals surface area (Å²) in [4.78, 5) is 60.2. The summed E-state index contributed by atoms with van der Waals surface area (Å²) in [7, 11) is 0. The maximum Gasteiger partial charge on any atom is 0.325 e. The van der Waals surface area contributed by atoms with Crippen LogP contribution in [0.4, 0.5) is 0 Å². The van der Waals surface area contributed by atoms with Crippen LogP contribution in [0.1, 0.15) is 45.6 Å². The van der Waals surface area contributed by atoms with Gasteiger partial charge in [-0.15, -0.1) is 0 Å². The average molecular weight is 495 g/mol. The molecular formula is C23H34N4O8. The lowest BCUT2D eigenvalue weighted by molar-refractivity contribution is -0.142. The van der Waals surface area contributed by atoms with Gasteiger partial charge in [-0.1, -0.05) is 26.0 Å². The van der Waals surface area contributed by atoms with Gasteiger partial charge in [-0.25, -0.2) is 0 Å². The van der Waals surface area contributed by atoms with E-state index < -0.39 is 53.8 Å². The first-order chi connectivity index (χ1) is 16.3. The van der Waals surface area contributed by atoms with Crippen molar-refractivity contribution in [1.29, 1.82) is 0 Å². The van der Waals surface area contributed by atoms with Crippen LogP contribution in [0.5, 0.6) is 5.75 Å². The summed E-state index contributed by atoms with van der Waals surface area (Å²) in [6.45, 7) is 4.93. The number of carbonyl (C=O) groups excluding carboxylic acids is 3. The number of amides is 3. The molecular weight excluding hydrogens is 460 g/mol. The number of aliphatic carboxylic acids is 2. The molecule has 0 radical (unpaired) electrons. The largest absolute Gasteiger partial charge is 0.508 e. The molecule has 8 N–H and O–H groups in total. The summed E-state index contributed by atoms with van der Waals surface area (Å²) in [6, 6.07) is 1.33. The second-order valence-corrected chi connectivity index (χ2v) is 8.73. The van der Waals surface area contributed by atoms with Gasteiger partial charge in [0.25, 0.3) is 0 Å². The number of nitrogens with two attached hydrogens (primary N) is 1. The fourth-order valence-corrected chi connectivity index (χ4v) is 3.12. The lowest BCUT2D eigenvalue weighted by Gasteiger charge is -2.25. The molecule has 0 spiro atoms. The predicted molar refractivity (Wildman–Crippen MR) is 125 cm³/mol. The number of hydrogen-bond acceptors (Lipinski definition) is 7.